The maximum absolute atomic E-state index is 12.4. The lowest BCUT2D eigenvalue weighted by Gasteiger charge is -2.43. The van der Waals surface area contributed by atoms with E-state index in [0.717, 1.165) is 31.7 Å². The van der Waals surface area contributed by atoms with E-state index in [1.807, 2.05) is 0 Å². The van der Waals surface area contributed by atoms with Crippen molar-refractivity contribution >= 4 is 12.4 Å². The zero-order valence-corrected chi connectivity index (χ0v) is 15.8. The molecular weight excluding hydrogens is 357 g/mol. The lowest BCUT2D eigenvalue weighted by atomic mass is 9.80. The van der Waals surface area contributed by atoms with Gasteiger partial charge in [-0.2, -0.15) is 0 Å². The lowest BCUT2D eigenvalue weighted by molar-refractivity contribution is -0.274. The molecule has 144 valence electrons. The van der Waals surface area contributed by atoms with E-state index in [2.05, 4.69) is 35.7 Å². The summed E-state index contributed by atoms with van der Waals surface area (Å²) in [4.78, 5) is 2.35. The highest BCUT2D eigenvalue weighted by Gasteiger charge is 2.35. The standard InChI is InChI=1S/C17H25F3N2O2.ClH/c1-16(2,3)15(22-9-7-21-8-10-22)13-6-5-12(11-14(13)23-4)24-17(18,19)20;/h5-6,11,15,21H,7-10H2,1-4H3;1H/t15-;/m0./s1. The first-order valence-electron chi connectivity index (χ1n) is 8.00. The van der Waals surface area contributed by atoms with E-state index in [1.54, 1.807) is 6.07 Å². The van der Waals surface area contributed by atoms with Gasteiger partial charge in [-0.05, 0) is 11.5 Å². The molecule has 1 aliphatic rings. The minimum atomic E-state index is -4.71. The van der Waals surface area contributed by atoms with Crippen LogP contribution in [0.15, 0.2) is 18.2 Å². The molecule has 1 aromatic rings. The predicted octanol–water partition coefficient (Wildman–Crippen LogP) is 4.01. The highest BCUT2D eigenvalue weighted by atomic mass is 35.5. The third-order valence-electron chi connectivity index (χ3n) is 4.07. The van der Waals surface area contributed by atoms with E-state index in [9.17, 15) is 13.2 Å². The van der Waals surface area contributed by atoms with Gasteiger partial charge >= 0.3 is 6.36 Å². The maximum Gasteiger partial charge on any atom is 0.573 e. The summed E-state index contributed by atoms with van der Waals surface area (Å²) >= 11 is 0. The number of alkyl halides is 3. The van der Waals surface area contributed by atoms with Crippen LogP contribution in [0.1, 0.15) is 32.4 Å². The highest BCUT2D eigenvalue weighted by Crippen LogP contribution is 2.43. The smallest absolute Gasteiger partial charge is 0.496 e. The molecule has 25 heavy (non-hydrogen) atoms. The molecule has 0 saturated carbocycles. The van der Waals surface area contributed by atoms with Crippen molar-refractivity contribution < 1.29 is 22.6 Å². The Morgan fingerprint density at radius 2 is 1.72 bits per heavy atom. The van der Waals surface area contributed by atoms with Gasteiger partial charge in [0.15, 0.2) is 0 Å². The van der Waals surface area contributed by atoms with Gasteiger partial charge in [-0.1, -0.05) is 26.8 Å². The first kappa shape index (κ1) is 21.9. The van der Waals surface area contributed by atoms with E-state index >= 15 is 0 Å². The number of hydrogen-bond donors (Lipinski definition) is 1. The number of ether oxygens (including phenoxy) is 2. The largest absolute Gasteiger partial charge is 0.573 e. The van der Waals surface area contributed by atoms with Gasteiger partial charge in [-0.3, -0.25) is 4.90 Å². The van der Waals surface area contributed by atoms with E-state index in [4.69, 9.17) is 4.74 Å². The zero-order chi connectivity index (χ0) is 18.0. The molecule has 0 aliphatic carbocycles. The molecule has 4 nitrogen and oxygen atoms in total. The van der Waals surface area contributed by atoms with Gasteiger partial charge in [0.25, 0.3) is 0 Å². The molecule has 1 heterocycles. The summed E-state index contributed by atoms with van der Waals surface area (Å²) in [6, 6.07) is 4.38. The second kappa shape index (κ2) is 8.47. The summed E-state index contributed by atoms with van der Waals surface area (Å²) in [6.07, 6.45) is -4.71. The van der Waals surface area contributed by atoms with Gasteiger partial charge in [-0.25, -0.2) is 0 Å². The fraction of sp³-hybridized carbons (Fsp3) is 0.647. The van der Waals surface area contributed by atoms with Gasteiger partial charge in [-0.15, -0.1) is 25.6 Å². The predicted molar refractivity (Wildman–Crippen MR) is 93.6 cm³/mol. The Morgan fingerprint density at radius 1 is 1.12 bits per heavy atom. The minimum Gasteiger partial charge on any atom is -0.496 e. The van der Waals surface area contributed by atoms with Gasteiger partial charge < -0.3 is 14.8 Å². The van der Waals surface area contributed by atoms with Gasteiger partial charge in [0.2, 0.25) is 0 Å². The molecule has 1 aliphatic heterocycles. The summed E-state index contributed by atoms with van der Waals surface area (Å²) in [6.45, 7) is 9.92. The number of hydrogen-bond acceptors (Lipinski definition) is 4. The van der Waals surface area contributed by atoms with Gasteiger partial charge in [0.1, 0.15) is 11.5 Å². The molecule has 0 aromatic heterocycles. The van der Waals surface area contributed by atoms with E-state index in [-0.39, 0.29) is 29.6 Å². The van der Waals surface area contributed by atoms with Crippen LogP contribution in [0.2, 0.25) is 0 Å². The van der Waals surface area contributed by atoms with Crippen LogP contribution in [0.3, 0.4) is 0 Å². The lowest BCUT2D eigenvalue weighted by Crippen LogP contribution is -2.48. The summed E-state index contributed by atoms with van der Waals surface area (Å²) in [7, 11) is 1.47. The van der Waals surface area contributed by atoms with Crippen LogP contribution in [-0.2, 0) is 0 Å². The van der Waals surface area contributed by atoms with Crippen LogP contribution in [-0.4, -0.2) is 44.6 Å². The number of halogens is 4. The van der Waals surface area contributed by atoms with Crippen LogP contribution in [0.4, 0.5) is 13.2 Å². The highest BCUT2D eigenvalue weighted by molar-refractivity contribution is 5.85. The van der Waals surface area contributed by atoms with Crippen LogP contribution in [0, 0.1) is 5.41 Å². The summed E-state index contributed by atoms with van der Waals surface area (Å²) < 4.78 is 46.7. The molecule has 0 bridgehead atoms. The van der Waals surface area contributed by atoms with Crippen molar-refractivity contribution in [2.45, 2.75) is 33.2 Å². The molecule has 1 aromatic carbocycles. The van der Waals surface area contributed by atoms with Gasteiger partial charge in [0, 0.05) is 43.9 Å². The van der Waals surface area contributed by atoms with Crippen LogP contribution < -0.4 is 14.8 Å². The fourth-order valence-electron chi connectivity index (χ4n) is 3.27. The van der Waals surface area contributed by atoms with Crippen molar-refractivity contribution in [2.75, 3.05) is 33.3 Å². The maximum atomic E-state index is 12.4. The van der Waals surface area contributed by atoms with E-state index < -0.39 is 6.36 Å². The summed E-state index contributed by atoms with van der Waals surface area (Å²) in [5.41, 5.74) is 0.776. The Morgan fingerprint density at radius 3 is 2.20 bits per heavy atom. The summed E-state index contributed by atoms with van der Waals surface area (Å²) in [5, 5.41) is 3.32. The first-order chi connectivity index (χ1) is 11.1. The zero-order valence-electron chi connectivity index (χ0n) is 14.9. The molecule has 0 spiro atoms. The van der Waals surface area contributed by atoms with Crippen LogP contribution in [0.5, 0.6) is 11.5 Å². The number of nitrogens with zero attached hydrogens (tertiary/aromatic N) is 1. The van der Waals surface area contributed by atoms with Crippen LogP contribution in [0.25, 0.3) is 0 Å². The normalized spacial score (nSPS) is 17.6. The first-order valence-corrected chi connectivity index (χ1v) is 8.00. The second-order valence-corrected chi connectivity index (χ2v) is 7.01. The average molecular weight is 383 g/mol. The van der Waals surface area contributed by atoms with Crippen molar-refractivity contribution in [3.63, 3.8) is 0 Å². The molecule has 1 atom stereocenters. The third-order valence-corrected chi connectivity index (χ3v) is 4.07. The number of benzene rings is 1. The average Bonchev–Trinajstić information content (AvgIpc) is 2.47. The SMILES string of the molecule is COc1cc(OC(F)(F)F)ccc1[C@H](N1CCNCC1)C(C)(C)C.Cl. The van der Waals surface area contributed by atoms with E-state index in [0.29, 0.717) is 5.75 Å². The summed E-state index contributed by atoms with van der Waals surface area (Å²) in [5.74, 6) is 0.145. The molecule has 1 N–H and O–H groups in total. The Balaban J connectivity index is 0.00000312. The van der Waals surface area contributed by atoms with Crippen molar-refractivity contribution in [1.82, 2.24) is 10.2 Å². The second-order valence-electron chi connectivity index (χ2n) is 7.01. The fourth-order valence-corrected chi connectivity index (χ4v) is 3.27. The molecule has 1 fully saturated rings. The number of rotatable bonds is 4. The Kier molecular flexibility index (Phi) is 7.40. The molecule has 0 radical (unpaired) electrons. The number of nitrogens with one attached hydrogen (secondary N) is 1. The Labute approximate surface area is 153 Å². The van der Waals surface area contributed by atoms with Crippen molar-refractivity contribution in [3.05, 3.63) is 23.8 Å². The van der Waals surface area contributed by atoms with Crippen molar-refractivity contribution in [3.8, 4) is 11.5 Å². The Bertz CT molecular complexity index is 556. The van der Waals surface area contributed by atoms with E-state index in [1.165, 1.54) is 19.2 Å². The molecule has 1 saturated heterocycles. The van der Waals surface area contributed by atoms with Crippen LogP contribution >= 0.6 is 12.4 Å². The van der Waals surface area contributed by atoms with Crippen molar-refractivity contribution in [2.24, 2.45) is 5.41 Å². The molecule has 2 rings (SSSR count). The monoisotopic (exact) mass is 382 g/mol. The third kappa shape index (κ3) is 5.94. The molecular formula is C17H26ClF3N2O2. The number of piperazine rings is 1. The topological polar surface area (TPSA) is 33.7 Å². The quantitative estimate of drug-likeness (QED) is 0.853. The Hall–Kier alpha value is -1.18. The molecule has 0 amide bonds. The molecule has 8 heteroatoms. The van der Waals surface area contributed by atoms with Crippen molar-refractivity contribution in [1.29, 1.82) is 0 Å². The minimum absolute atomic E-state index is 0. The van der Waals surface area contributed by atoms with Gasteiger partial charge in [0.05, 0.1) is 7.11 Å². The number of methoxy groups -OCH3 is 1. The molecule has 0 unspecified atom stereocenters.